The van der Waals surface area contributed by atoms with Gasteiger partial charge in [0.05, 0.1) is 24.9 Å². The number of aromatic nitrogens is 2. The van der Waals surface area contributed by atoms with E-state index in [1.165, 1.54) is 0 Å². The summed E-state index contributed by atoms with van der Waals surface area (Å²) in [6.45, 7) is 5.20. The van der Waals surface area contributed by atoms with E-state index in [1.54, 1.807) is 38.6 Å². The summed E-state index contributed by atoms with van der Waals surface area (Å²) in [5.74, 6) is 3.03. The first-order valence-corrected chi connectivity index (χ1v) is 8.16. The van der Waals surface area contributed by atoms with Gasteiger partial charge in [-0.25, -0.2) is 4.98 Å². The van der Waals surface area contributed by atoms with Crippen molar-refractivity contribution < 1.29 is 9.47 Å². The zero-order valence-corrected chi connectivity index (χ0v) is 15.1. The molecule has 0 aliphatic heterocycles. The zero-order chi connectivity index (χ0) is 17.5. The molecule has 1 aromatic carbocycles. The van der Waals surface area contributed by atoms with E-state index in [-0.39, 0.29) is 0 Å². The number of benzene rings is 1. The van der Waals surface area contributed by atoms with Crippen molar-refractivity contribution in [2.24, 2.45) is 5.92 Å². The second-order valence-corrected chi connectivity index (χ2v) is 6.09. The first-order chi connectivity index (χ1) is 11.5. The number of hydrogen-bond donors (Lipinski definition) is 2. The molecule has 0 atom stereocenters. The van der Waals surface area contributed by atoms with Crippen molar-refractivity contribution in [3.05, 3.63) is 29.4 Å². The second kappa shape index (κ2) is 8.59. The predicted octanol–water partition coefficient (Wildman–Crippen LogP) is 4.35. The van der Waals surface area contributed by atoms with Crippen LogP contribution in [-0.2, 0) is 0 Å². The summed E-state index contributed by atoms with van der Waals surface area (Å²) in [4.78, 5) is 8.68. The minimum absolute atomic E-state index is 0.485. The van der Waals surface area contributed by atoms with Crippen molar-refractivity contribution in [3.8, 4) is 11.5 Å². The lowest BCUT2D eigenvalue weighted by Gasteiger charge is -2.14. The Hall–Kier alpha value is -2.21. The second-order valence-electron chi connectivity index (χ2n) is 5.69. The summed E-state index contributed by atoms with van der Waals surface area (Å²) in [6.07, 6.45) is 2.76. The molecule has 0 amide bonds. The molecule has 1 heterocycles. The Labute approximate surface area is 147 Å². The smallest absolute Gasteiger partial charge is 0.224 e. The number of anilines is 3. The fourth-order valence-corrected chi connectivity index (χ4v) is 2.31. The van der Waals surface area contributed by atoms with Crippen molar-refractivity contribution in [2.45, 2.75) is 20.3 Å². The van der Waals surface area contributed by atoms with Gasteiger partial charge < -0.3 is 20.1 Å². The average Bonchev–Trinajstić information content (AvgIpc) is 2.56. The molecule has 1 aromatic heterocycles. The van der Waals surface area contributed by atoms with E-state index in [9.17, 15) is 0 Å². The van der Waals surface area contributed by atoms with Crippen molar-refractivity contribution in [3.63, 3.8) is 0 Å². The van der Waals surface area contributed by atoms with Gasteiger partial charge in [0.2, 0.25) is 5.95 Å². The third-order valence-corrected chi connectivity index (χ3v) is 3.69. The summed E-state index contributed by atoms with van der Waals surface area (Å²) in [7, 11) is 3.15. The van der Waals surface area contributed by atoms with Crippen LogP contribution in [0.1, 0.15) is 20.3 Å². The number of hydrogen-bond acceptors (Lipinski definition) is 6. The van der Waals surface area contributed by atoms with Crippen LogP contribution in [0.3, 0.4) is 0 Å². The van der Waals surface area contributed by atoms with E-state index in [0.29, 0.717) is 39.9 Å². The summed E-state index contributed by atoms with van der Waals surface area (Å²) in [5.41, 5.74) is 0.714. The Morgan fingerprint density at radius 1 is 1.17 bits per heavy atom. The standard InChI is InChI=1S/C17H23ClN4O2/c1-11(2)5-7-19-17-20-8-6-16(22-17)21-13-10-14(23-3)12(18)9-15(13)24-4/h6,8-11H,5,7H2,1-4H3,(H2,19,20,21,22). The summed E-state index contributed by atoms with van der Waals surface area (Å²) >= 11 is 6.12. The maximum Gasteiger partial charge on any atom is 0.224 e. The number of rotatable bonds is 8. The lowest BCUT2D eigenvalue weighted by atomic mass is 10.1. The Balaban J connectivity index is 2.16. The molecule has 0 spiro atoms. The van der Waals surface area contributed by atoms with Gasteiger partial charge in [-0.15, -0.1) is 0 Å². The molecule has 0 radical (unpaired) electrons. The Kier molecular flexibility index (Phi) is 6.49. The van der Waals surface area contributed by atoms with Crippen LogP contribution in [0, 0.1) is 5.92 Å². The Morgan fingerprint density at radius 2 is 1.92 bits per heavy atom. The molecule has 0 unspecified atom stereocenters. The maximum atomic E-state index is 6.12. The molecule has 2 N–H and O–H groups in total. The molecule has 2 rings (SSSR count). The van der Waals surface area contributed by atoms with E-state index in [4.69, 9.17) is 21.1 Å². The van der Waals surface area contributed by atoms with Crippen LogP contribution in [0.2, 0.25) is 5.02 Å². The van der Waals surface area contributed by atoms with Gasteiger partial charge in [0, 0.05) is 24.9 Å². The number of ether oxygens (including phenoxy) is 2. The van der Waals surface area contributed by atoms with Gasteiger partial charge in [-0.05, 0) is 18.4 Å². The van der Waals surface area contributed by atoms with Crippen LogP contribution >= 0.6 is 11.6 Å². The van der Waals surface area contributed by atoms with Crippen molar-refractivity contribution >= 4 is 29.1 Å². The largest absolute Gasteiger partial charge is 0.495 e. The molecule has 0 aliphatic carbocycles. The third-order valence-electron chi connectivity index (χ3n) is 3.40. The van der Waals surface area contributed by atoms with Crippen LogP contribution in [0.5, 0.6) is 11.5 Å². The lowest BCUT2D eigenvalue weighted by Crippen LogP contribution is -2.08. The predicted molar refractivity (Wildman–Crippen MR) is 97.8 cm³/mol. The van der Waals surface area contributed by atoms with Gasteiger partial charge in [-0.3, -0.25) is 0 Å². The van der Waals surface area contributed by atoms with Gasteiger partial charge in [0.15, 0.2) is 0 Å². The molecule has 130 valence electrons. The molecule has 6 nitrogen and oxygen atoms in total. The monoisotopic (exact) mass is 350 g/mol. The van der Waals surface area contributed by atoms with Crippen LogP contribution in [-0.4, -0.2) is 30.7 Å². The van der Waals surface area contributed by atoms with E-state index < -0.39 is 0 Å². The van der Waals surface area contributed by atoms with Gasteiger partial charge in [-0.2, -0.15) is 4.98 Å². The molecular weight excluding hydrogens is 328 g/mol. The summed E-state index contributed by atoms with van der Waals surface area (Å²) < 4.78 is 10.6. The number of methoxy groups -OCH3 is 2. The highest BCUT2D eigenvalue weighted by Crippen LogP contribution is 2.37. The number of halogens is 1. The normalized spacial score (nSPS) is 10.6. The zero-order valence-electron chi connectivity index (χ0n) is 14.4. The highest BCUT2D eigenvalue weighted by molar-refractivity contribution is 6.32. The fraction of sp³-hybridized carbons (Fsp3) is 0.412. The van der Waals surface area contributed by atoms with E-state index in [0.717, 1.165) is 13.0 Å². The van der Waals surface area contributed by atoms with E-state index in [2.05, 4.69) is 34.4 Å². The fourth-order valence-electron chi connectivity index (χ4n) is 2.08. The van der Waals surface area contributed by atoms with Crippen LogP contribution in [0.4, 0.5) is 17.5 Å². The molecule has 0 bridgehead atoms. The molecule has 0 fully saturated rings. The van der Waals surface area contributed by atoms with Gasteiger partial charge in [0.1, 0.15) is 17.3 Å². The number of nitrogens with zero attached hydrogens (tertiary/aromatic N) is 2. The third kappa shape index (κ3) is 4.89. The molecular formula is C17H23ClN4O2. The first kappa shape index (κ1) is 18.1. The maximum absolute atomic E-state index is 6.12. The SMILES string of the molecule is COc1cc(Nc2ccnc(NCCC(C)C)n2)c(OC)cc1Cl. The minimum Gasteiger partial charge on any atom is -0.495 e. The van der Waals surface area contributed by atoms with E-state index in [1.807, 2.05) is 0 Å². The van der Waals surface area contributed by atoms with E-state index >= 15 is 0 Å². The highest BCUT2D eigenvalue weighted by Gasteiger charge is 2.11. The first-order valence-electron chi connectivity index (χ1n) is 7.79. The lowest BCUT2D eigenvalue weighted by molar-refractivity contribution is 0.405. The molecule has 2 aromatic rings. The number of nitrogens with one attached hydrogen (secondary N) is 2. The van der Waals surface area contributed by atoms with Gasteiger partial charge in [-0.1, -0.05) is 25.4 Å². The van der Waals surface area contributed by atoms with Gasteiger partial charge in [0.25, 0.3) is 0 Å². The molecule has 0 saturated heterocycles. The van der Waals surface area contributed by atoms with Gasteiger partial charge >= 0.3 is 0 Å². The van der Waals surface area contributed by atoms with Crippen LogP contribution in [0.15, 0.2) is 24.4 Å². The van der Waals surface area contributed by atoms with Crippen molar-refractivity contribution in [1.29, 1.82) is 0 Å². The molecule has 7 heteroatoms. The van der Waals surface area contributed by atoms with Crippen molar-refractivity contribution in [2.75, 3.05) is 31.4 Å². The summed E-state index contributed by atoms with van der Waals surface area (Å²) in [5, 5.41) is 6.92. The van der Waals surface area contributed by atoms with Crippen LogP contribution in [0.25, 0.3) is 0 Å². The molecule has 0 aliphatic rings. The average molecular weight is 351 g/mol. The topological polar surface area (TPSA) is 68.3 Å². The summed E-state index contributed by atoms with van der Waals surface area (Å²) in [6, 6.07) is 5.26. The minimum atomic E-state index is 0.485. The molecule has 0 saturated carbocycles. The quantitative estimate of drug-likeness (QED) is 0.737. The Morgan fingerprint density at radius 3 is 2.58 bits per heavy atom. The molecule has 24 heavy (non-hydrogen) atoms. The highest BCUT2D eigenvalue weighted by atomic mass is 35.5. The van der Waals surface area contributed by atoms with Crippen LogP contribution < -0.4 is 20.1 Å². The Bertz CT molecular complexity index is 680. The van der Waals surface area contributed by atoms with Crippen molar-refractivity contribution in [1.82, 2.24) is 9.97 Å².